The van der Waals surface area contributed by atoms with Crippen LogP contribution in [0.4, 0.5) is 8.78 Å². The van der Waals surface area contributed by atoms with Gasteiger partial charge in [-0.3, -0.25) is 24.0 Å². The number of nitrogens with zero attached hydrogens (tertiary/aromatic N) is 1. The molecule has 220 valence electrons. The molecule has 10 nitrogen and oxygen atoms in total. The van der Waals surface area contributed by atoms with Crippen LogP contribution in [0.2, 0.25) is 0 Å². The maximum atomic E-state index is 11.9. The van der Waals surface area contributed by atoms with Crippen molar-refractivity contribution in [2.75, 3.05) is 26.2 Å². The van der Waals surface area contributed by atoms with Gasteiger partial charge in [0.25, 0.3) is 5.91 Å². The molecule has 2 saturated heterocycles. The van der Waals surface area contributed by atoms with Crippen LogP contribution in [0.1, 0.15) is 67.7 Å². The molecule has 2 aliphatic heterocycles. The molecule has 5 N–H and O–H groups in total. The van der Waals surface area contributed by atoms with Crippen LogP contribution in [0.5, 0.6) is 0 Å². The first-order valence-electron chi connectivity index (χ1n) is 13.3. The van der Waals surface area contributed by atoms with Crippen LogP contribution in [0, 0.1) is 29.1 Å². The lowest BCUT2D eigenvalue weighted by Gasteiger charge is -2.24. The second-order valence-corrected chi connectivity index (χ2v) is 10.7. The third-order valence-electron chi connectivity index (χ3n) is 6.62. The van der Waals surface area contributed by atoms with E-state index in [2.05, 4.69) is 45.3 Å². The summed E-state index contributed by atoms with van der Waals surface area (Å²) in [4.78, 5) is 56.4. The van der Waals surface area contributed by atoms with E-state index in [1.54, 1.807) is 4.90 Å². The minimum Gasteiger partial charge on any atom is -0.368 e. The summed E-state index contributed by atoms with van der Waals surface area (Å²) in [5, 5.41) is 6.96. The Kier molecular flexibility index (Phi) is 15.7. The van der Waals surface area contributed by atoms with E-state index in [4.69, 9.17) is 5.73 Å². The molecule has 0 aromatic rings. The second kappa shape index (κ2) is 16.9. The van der Waals surface area contributed by atoms with Gasteiger partial charge in [0.2, 0.25) is 24.1 Å². The molecular weight excluding hydrogens is 500 g/mol. The van der Waals surface area contributed by atoms with Crippen molar-refractivity contribution in [1.29, 1.82) is 0 Å². The van der Waals surface area contributed by atoms with E-state index >= 15 is 0 Å². The van der Waals surface area contributed by atoms with Crippen LogP contribution in [-0.2, 0) is 24.0 Å². The minimum atomic E-state index is -3.06. The largest absolute Gasteiger partial charge is 0.368 e. The number of carbonyl (C=O) groups is 5. The molecule has 3 fully saturated rings. The number of nitrogens with one attached hydrogen (secondary N) is 3. The molecular formula is C26H47F2N5O5. The second-order valence-electron chi connectivity index (χ2n) is 10.7. The van der Waals surface area contributed by atoms with E-state index in [1.165, 1.54) is 0 Å². The van der Waals surface area contributed by atoms with Crippen LogP contribution < -0.4 is 21.7 Å². The Labute approximate surface area is 225 Å². The Morgan fingerprint density at radius 3 is 2.11 bits per heavy atom. The Balaban J connectivity index is 0.000000601. The average molecular weight is 548 g/mol. The van der Waals surface area contributed by atoms with E-state index in [9.17, 15) is 32.8 Å². The number of primary amides is 1. The van der Waals surface area contributed by atoms with Crippen LogP contribution in [0.15, 0.2) is 0 Å². The van der Waals surface area contributed by atoms with Gasteiger partial charge in [0.1, 0.15) is 6.04 Å². The van der Waals surface area contributed by atoms with Gasteiger partial charge in [-0.15, -0.1) is 0 Å². The van der Waals surface area contributed by atoms with E-state index in [0.29, 0.717) is 43.3 Å². The monoisotopic (exact) mass is 547 g/mol. The highest BCUT2D eigenvalue weighted by Crippen LogP contribution is 2.61. The summed E-state index contributed by atoms with van der Waals surface area (Å²) in [7, 11) is 0. The fraction of sp³-hybridized carbons (Fsp3) is 0.808. The number of amides is 5. The molecule has 0 aromatic heterocycles. The fourth-order valence-corrected chi connectivity index (χ4v) is 4.38. The van der Waals surface area contributed by atoms with Gasteiger partial charge in [-0.1, -0.05) is 48.5 Å². The lowest BCUT2D eigenvalue weighted by Crippen LogP contribution is -2.45. The summed E-state index contributed by atoms with van der Waals surface area (Å²) in [6.07, 6.45) is -0.733. The standard InChI is InChI=1S/C11H16F2N2O2.C9H15N3O3.C4H10.C2H6/c1-11(2)6-4-15(5-7(6)11)8(16)3-14-10(17)9(12)13;10-8(14)7(12-5-13)4-6-2-1-3-11-9(6)15;1-4(2)3;1-2/h6-7,9H,3-5H2,1-2H3,(H,14,17);5-7H,1-4H2,(H2,10,14)(H,11,15)(H,12,13);4H,1-3H3;1-2H3. The van der Waals surface area contributed by atoms with Gasteiger partial charge in [0, 0.05) is 25.6 Å². The summed E-state index contributed by atoms with van der Waals surface area (Å²) >= 11 is 0. The van der Waals surface area contributed by atoms with Crippen molar-refractivity contribution in [2.45, 2.75) is 80.2 Å². The first-order valence-corrected chi connectivity index (χ1v) is 13.3. The zero-order chi connectivity index (χ0) is 29.6. The van der Waals surface area contributed by atoms with Crippen molar-refractivity contribution in [3.05, 3.63) is 0 Å². The number of nitrogens with two attached hydrogens (primary N) is 1. The number of carbonyl (C=O) groups excluding carboxylic acids is 5. The molecule has 1 aliphatic carbocycles. The molecule has 3 rings (SSSR count). The zero-order valence-electron chi connectivity index (χ0n) is 23.8. The number of hydrogen-bond acceptors (Lipinski definition) is 5. The molecule has 0 radical (unpaired) electrons. The molecule has 3 aliphatic rings. The molecule has 2 heterocycles. The minimum absolute atomic E-state index is 0.0693. The van der Waals surface area contributed by atoms with Gasteiger partial charge in [0.15, 0.2) is 0 Å². The van der Waals surface area contributed by atoms with E-state index in [1.807, 2.05) is 19.2 Å². The Hall–Kier alpha value is -2.79. The molecule has 0 aromatic carbocycles. The van der Waals surface area contributed by atoms with Crippen LogP contribution in [0.25, 0.3) is 0 Å². The van der Waals surface area contributed by atoms with Crippen molar-refractivity contribution in [3.63, 3.8) is 0 Å². The van der Waals surface area contributed by atoms with Crippen molar-refractivity contribution < 1.29 is 32.8 Å². The van der Waals surface area contributed by atoms with Gasteiger partial charge in [-0.2, -0.15) is 8.78 Å². The lowest BCUT2D eigenvalue weighted by molar-refractivity contribution is -0.136. The number of alkyl halides is 2. The first kappa shape index (κ1) is 35.2. The third-order valence-corrected chi connectivity index (χ3v) is 6.62. The van der Waals surface area contributed by atoms with Crippen molar-refractivity contribution in [2.24, 2.45) is 34.8 Å². The Morgan fingerprint density at radius 1 is 1.16 bits per heavy atom. The van der Waals surface area contributed by atoms with Crippen molar-refractivity contribution in [1.82, 2.24) is 20.9 Å². The highest BCUT2D eigenvalue weighted by Gasteiger charge is 2.62. The van der Waals surface area contributed by atoms with Gasteiger partial charge < -0.3 is 26.6 Å². The van der Waals surface area contributed by atoms with Crippen molar-refractivity contribution in [3.8, 4) is 0 Å². The summed E-state index contributed by atoms with van der Waals surface area (Å²) < 4.78 is 23.8. The predicted molar refractivity (Wildman–Crippen MR) is 141 cm³/mol. The maximum Gasteiger partial charge on any atom is 0.315 e. The van der Waals surface area contributed by atoms with Gasteiger partial charge in [-0.05, 0) is 42.4 Å². The van der Waals surface area contributed by atoms with E-state index in [0.717, 1.165) is 18.8 Å². The van der Waals surface area contributed by atoms with E-state index < -0.39 is 24.3 Å². The number of hydrogen-bond donors (Lipinski definition) is 4. The molecule has 0 bridgehead atoms. The van der Waals surface area contributed by atoms with Gasteiger partial charge in [0.05, 0.1) is 6.54 Å². The Bertz CT molecular complexity index is 777. The molecule has 4 unspecified atom stereocenters. The highest BCUT2D eigenvalue weighted by atomic mass is 19.3. The average Bonchev–Trinajstić information content (AvgIpc) is 3.16. The summed E-state index contributed by atoms with van der Waals surface area (Å²) in [6, 6.07) is -0.753. The quantitative estimate of drug-likeness (QED) is 0.341. The highest BCUT2D eigenvalue weighted by molar-refractivity contribution is 5.86. The van der Waals surface area contributed by atoms with Crippen LogP contribution in [0.3, 0.4) is 0 Å². The molecule has 1 saturated carbocycles. The number of fused-ring (bicyclic) bond motifs is 1. The number of likely N-dealkylation sites (tertiary alicyclic amines) is 1. The van der Waals surface area contributed by atoms with E-state index in [-0.39, 0.29) is 30.7 Å². The summed E-state index contributed by atoms with van der Waals surface area (Å²) in [5.41, 5.74) is 5.40. The topological polar surface area (TPSA) is 151 Å². The molecule has 38 heavy (non-hydrogen) atoms. The number of rotatable bonds is 8. The SMILES string of the molecule is CC.CC(C)C.CC1(C)C2CN(C(=O)CNC(=O)C(F)F)CC21.NC(=O)C(CC1CCCNC1=O)NC=O. The van der Waals surface area contributed by atoms with Gasteiger partial charge in [-0.25, -0.2) is 0 Å². The molecule has 4 atom stereocenters. The number of piperidine rings is 2. The maximum absolute atomic E-state index is 11.9. The summed E-state index contributed by atoms with van der Waals surface area (Å²) in [5.74, 6) is -0.691. The lowest BCUT2D eigenvalue weighted by atomic mass is 9.91. The van der Waals surface area contributed by atoms with Crippen LogP contribution >= 0.6 is 0 Å². The summed E-state index contributed by atoms with van der Waals surface area (Å²) in [6.45, 7) is 16.5. The predicted octanol–water partition coefficient (Wildman–Crippen LogP) is 1.67. The first-order chi connectivity index (χ1) is 17.7. The number of halogens is 2. The normalized spacial score (nSPS) is 23.1. The van der Waals surface area contributed by atoms with Crippen molar-refractivity contribution >= 4 is 30.0 Å². The smallest absolute Gasteiger partial charge is 0.315 e. The Morgan fingerprint density at radius 2 is 1.68 bits per heavy atom. The molecule has 12 heteroatoms. The fourth-order valence-electron chi connectivity index (χ4n) is 4.38. The molecule has 0 spiro atoms. The zero-order valence-corrected chi connectivity index (χ0v) is 23.8. The molecule has 5 amide bonds. The van der Waals surface area contributed by atoms with Crippen LogP contribution in [-0.4, -0.2) is 73.6 Å². The third kappa shape index (κ3) is 11.7. The van der Waals surface area contributed by atoms with Gasteiger partial charge >= 0.3 is 6.43 Å².